The third-order valence-corrected chi connectivity index (χ3v) is 3.92. The summed E-state index contributed by atoms with van der Waals surface area (Å²) in [7, 11) is 3.56. The molecule has 4 heteroatoms. The predicted molar refractivity (Wildman–Crippen MR) is 51.2 cm³/mol. The second-order valence-corrected chi connectivity index (χ2v) is 4.67. The molecular weight excluding hydrogens is 180 g/mol. The third-order valence-electron chi connectivity index (χ3n) is 3.92. The number of nitrogens with zero attached hydrogens (tertiary/aromatic N) is 2. The van der Waals surface area contributed by atoms with Crippen LogP contribution in [0.4, 0.5) is 0 Å². The monoisotopic (exact) mass is 196 g/mol. The number of hydrogen-bond acceptors (Lipinski definition) is 2. The van der Waals surface area contributed by atoms with Gasteiger partial charge in [-0.15, -0.1) is 0 Å². The normalized spacial score (nSPS) is 42.3. The van der Waals surface area contributed by atoms with E-state index in [0.29, 0.717) is 0 Å². The minimum Gasteiger partial charge on any atom is -0.322 e. The van der Waals surface area contributed by atoms with Gasteiger partial charge in [0.1, 0.15) is 11.6 Å². The average molecular weight is 196 g/mol. The molecule has 3 aliphatic heterocycles. The van der Waals surface area contributed by atoms with Crippen LogP contribution >= 0.6 is 0 Å². The lowest BCUT2D eigenvalue weighted by atomic mass is 9.74. The molecule has 1 atom stereocenters. The van der Waals surface area contributed by atoms with Crippen LogP contribution in [0.5, 0.6) is 0 Å². The molecule has 3 rings (SSSR count). The van der Waals surface area contributed by atoms with Gasteiger partial charge in [0.25, 0.3) is 0 Å². The number of hydrogen-bond donors (Lipinski definition) is 0. The van der Waals surface area contributed by atoms with E-state index in [1.165, 1.54) is 0 Å². The molecule has 0 N–H and O–H groups in total. The second kappa shape index (κ2) is 2.49. The first-order valence-electron chi connectivity index (χ1n) is 4.95. The molecule has 0 aromatic carbocycles. The van der Waals surface area contributed by atoms with Crippen molar-refractivity contribution in [3.8, 4) is 0 Å². The molecule has 14 heavy (non-hydrogen) atoms. The predicted octanol–water partition coefficient (Wildman–Crippen LogP) is 0.289. The van der Waals surface area contributed by atoms with Crippen molar-refractivity contribution < 1.29 is 9.59 Å². The van der Waals surface area contributed by atoms with Gasteiger partial charge < -0.3 is 9.80 Å². The van der Waals surface area contributed by atoms with Crippen LogP contribution in [0.15, 0.2) is 0 Å². The van der Waals surface area contributed by atoms with Gasteiger partial charge >= 0.3 is 0 Å². The fourth-order valence-corrected chi connectivity index (χ4v) is 2.71. The van der Waals surface area contributed by atoms with E-state index in [0.717, 1.165) is 6.42 Å². The van der Waals surface area contributed by atoms with E-state index in [1.54, 1.807) is 23.9 Å². The van der Waals surface area contributed by atoms with Crippen LogP contribution in [0.1, 0.15) is 20.3 Å². The highest BCUT2D eigenvalue weighted by Gasteiger charge is 2.57. The SMILES string of the molecule is CC1CC2(C)N(C)C(=O)C1C(=O)N2C. The van der Waals surface area contributed by atoms with Gasteiger partial charge in [0.2, 0.25) is 11.8 Å². The van der Waals surface area contributed by atoms with Gasteiger partial charge in [0.15, 0.2) is 0 Å². The van der Waals surface area contributed by atoms with Crippen LogP contribution in [0.3, 0.4) is 0 Å². The molecule has 4 nitrogen and oxygen atoms in total. The third kappa shape index (κ3) is 0.837. The summed E-state index contributed by atoms with van der Waals surface area (Å²) in [5.74, 6) is -0.303. The number of fused-ring (bicyclic) bond motifs is 3. The van der Waals surface area contributed by atoms with Crippen molar-refractivity contribution in [2.45, 2.75) is 25.9 Å². The van der Waals surface area contributed by atoms with E-state index in [4.69, 9.17) is 0 Å². The molecule has 3 saturated heterocycles. The van der Waals surface area contributed by atoms with Crippen LogP contribution in [0.2, 0.25) is 0 Å². The summed E-state index contributed by atoms with van der Waals surface area (Å²) < 4.78 is 0. The van der Waals surface area contributed by atoms with Crippen LogP contribution in [-0.4, -0.2) is 41.4 Å². The number of rotatable bonds is 0. The average Bonchev–Trinajstić information content (AvgIpc) is 2.10. The summed E-state index contributed by atoms with van der Waals surface area (Å²) in [6, 6.07) is 0. The molecule has 3 aliphatic rings. The minimum atomic E-state index is -0.438. The first kappa shape index (κ1) is 9.49. The van der Waals surface area contributed by atoms with Crippen molar-refractivity contribution in [3.63, 3.8) is 0 Å². The van der Waals surface area contributed by atoms with Gasteiger partial charge in [-0.1, -0.05) is 6.92 Å². The Labute approximate surface area is 83.9 Å². The molecule has 78 valence electrons. The van der Waals surface area contributed by atoms with Gasteiger partial charge in [0.05, 0.1) is 0 Å². The summed E-state index contributed by atoms with van der Waals surface area (Å²) >= 11 is 0. The zero-order valence-corrected chi connectivity index (χ0v) is 9.07. The largest absolute Gasteiger partial charge is 0.322 e. The molecule has 0 spiro atoms. The summed E-state index contributed by atoms with van der Waals surface area (Å²) in [5, 5.41) is 0. The van der Waals surface area contributed by atoms with Crippen molar-refractivity contribution in [3.05, 3.63) is 0 Å². The lowest BCUT2D eigenvalue weighted by molar-refractivity contribution is -0.190. The lowest BCUT2D eigenvalue weighted by Gasteiger charge is -2.57. The highest BCUT2D eigenvalue weighted by atomic mass is 16.2. The molecular formula is C10H16N2O2. The molecule has 0 aromatic heterocycles. The Hall–Kier alpha value is -1.06. The van der Waals surface area contributed by atoms with E-state index in [9.17, 15) is 9.59 Å². The Bertz CT molecular complexity index is 291. The summed E-state index contributed by atoms with van der Waals surface area (Å²) in [4.78, 5) is 27.1. The fourth-order valence-electron chi connectivity index (χ4n) is 2.71. The van der Waals surface area contributed by atoms with Gasteiger partial charge in [0, 0.05) is 14.1 Å². The van der Waals surface area contributed by atoms with E-state index in [-0.39, 0.29) is 17.7 Å². The highest BCUT2D eigenvalue weighted by Crippen LogP contribution is 2.43. The van der Waals surface area contributed by atoms with Crippen LogP contribution in [-0.2, 0) is 9.59 Å². The maximum atomic E-state index is 11.8. The minimum absolute atomic E-state index is 0.0191. The van der Waals surface area contributed by atoms with Crippen LogP contribution in [0.25, 0.3) is 0 Å². The van der Waals surface area contributed by atoms with Gasteiger partial charge in [-0.3, -0.25) is 9.59 Å². The number of amides is 2. The van der Waals surface area contributed by atoms with Gasteiger partial charge in [-0.05, 0) is 19.3 Å². The standard InChI is InChI=1S/C10H16N2O2/c1-6-5-10(2)11(3)8(13)7(6)9(14)12(10)4/h6-7H,5H2,1-4H3. The van der Waals surface area contributed by atoms with E-state index in [2.05, 4.69) is 0 Å². The zero-order chi connectivity index (χ0) is 10.7. The topological polar surface area (TPSA) is 40.6 Å². The van der Waals surface area contributed by atoms with E-state index < -0.39 is 11.6 Å². The van der Waals surface area contributed by atoms with Gasteiger partial charge in [-0.25, -0.2) is 0 Å². The molecule has 3 heterocycles. The Morgan fingerprint density at radius 2 is 1.64 bits per heavy atom. The quantitative estimate of drug-likeness (QED) is 0.522. The molecule has 2 amide bonds. The van der Waals surface area contributed by atoms with Crippen LogP contribution < -0.4 is 0 Å². The molecule has 0 aromatic rings. The van der Waals surface area contributed by atoms with Crippen molar-refractivity contribution in [1.29, 1.82) is 0 Å². The van der Waals surface area contributed by atoms with Gasteiger partial charge in [-0.2, -0.15) is 0 Å². The molecule has 0 saturated carbocycles. The first-order valence-corrected chi connectivity index (χ1v) is 4.95. The summed E-state index contributed by atoms with van der Waals surface area (Å²) in [6.45, 7) is 3.94. The fraction of sp³-hybridized carbons (Fsp3) is 0.800. The van der Waals surface area contributed by atoms with Crippen molar-refractivity contribution in [2.24, 2.45) is 11.8 Å². The van der Waals surface area contributed by atoms with Crippen LogP contribution in [0, 0.1) is 11.8 Å². The van der Waals surface area contributed by atoms with E-state index in [1.807, 2.05) is 13.8 Å². The Morgan fingerprint density at radius 1 is 1.21 bits per heavy atom. The number of piperidine rings is 2. The number of carbonyl (C=O) groups is 2. The summed E-state index contributed by atoms with van der Waals surface area (Å²) in [5.41, 5.74) is -0.414. The van der Waals surface area contributed by atoms with Crippen molar-refractivity contribution in [1.82, 2.24) is 9.80 Å². The molecule has 2 bridgehead atoms. The molecule has 1 unspecified atom stereocenters. The number of carbonyl (C=O) groups excluding carboxylic acids is 2. The van der Waals surface area contributed by atoms with Crippen molar-refractivity contribution in [2.75, 3.05) is 14.1 Å². The highest BCUT2D eigenvalue weighted by molar-refractivity contribution is 6.04. The first-order chi connectivity index (χ1) is 6.39. The molecule has 0 aliphatic carbocycles. The van der Waals surface area contributed by atoms with E-state index >= 15 is 0 Å². The maximum absolute atomic E-state index is 11.8. The van der Waals surface area contributed by atoms with Crippen molar-refractivity contribution >= 4 is 11.8 Å². The molecule has 3 fully saturated rings. The zero-order valence-electron chi connectivity index (χ0n) is 9.07. The Kier molecular flexibility index (Phi) is 1.69. The lowest BCUT2D eigenvalue weighted by Crippen LogP contribution is -2.73. The Morgan fingerprint density at radius 3 is 2.07 bits per heavy atom. The Balaban J connectivity index is 2.49. The summed E-state index contributed by atoms with van der Waals surface area (Å²) in [6.07, 6.45) is 0.877. The maximum Gasteiger partial charge on any atom is 0.237 e. The molecule has 0 radical (unpaired) electrons. The smallest absolute Gasteiger partial charge is 0.237 e. The second-order valence-electron chi connectivity index (χ2n) is 4.67.